The third-order valence-electron chi connectivity index (χ3n) is 3.37. The van der Waals surface area contributed by atoms with Gasteiger partial charge in [0, 0.05) is 10.7 Å². The van der Waals surface area contributed by atoms with E-state index in [1.54, 1.807) is 6.07 Å². The first-order chi connectivity index (χ1) is 9.61. The van der Waals surface area contributed by atoms with E-state index in [2.05, 4.69) is 5.32 Å². The van der Waals surface area contributed by atoms with Gasteiger partial charge in [-0.05, 0) is 42.7 Å². The quantitative estimate of drug-likeness (QED) is 0.861. The summed E-state index contributed by atoms with van der Waals surface area (Å²) in [6.45, 7) is 3.96. The van der Waals surface area contributed by atoms with Crippen molar-refractivity contribution in [2.75, 3.05) is 5.32 Å². The monoisotopic (exact) mass is 287 g/mol. The molecular weight excluding hydrogens is 270 g/mol. The molecule has 2 nitrogen and oxygen atoms in total. The summed E-state index contributed by atoms with van der Waals surface area (Å²) in [5.41, 5.74) is 2.82. The van der Waals surface area contributed by atoms with E-state index in [4.69, 9.17) is 11.6 Å². The maximum atomic E-state index is 12.4. The number of hydrogen-bond donors (Lipinski definition) is 1. The Morgan fingerprint density at radius 2 is 1.90 bits per heavy atom. The fraction of sp³-hybridized carbons (Fsp3) is 0.235. The van der Waals surface area contributed by atoms with Crippen molar-refractivity contribution >= 4 is 23.2 Å². The Labute approximate surface area is 124 Å². The number of carbonyl (C=O) groups excluding carboxylic acids is 1. The highest BCUT2D eigenvalue weighted by Gasteiger charge is 2.18. The molecule has 0 aliphatic heterocycles. The van der Waals surface area contributed by atoms with Gasteiger partial charge in [0.15, 0.2) is 0 Å². The van der Waals surface area contributed by atoms with Gasteiger partial charge in [0.2, 0.25) is 5.91 Å². The lowest BCUT2D eigenvalue weighted by atomic mass is 9.95. The van der Waals surface area contributed by atoms with Crippen molar-refractivity contribution in [3.8, 4) is 0 Å². The number of hydrogen-bond acceptors (Lipinski definition) is 1. The molecule has 1 amide bonds. The highest BCUT2D eigenvalue weighted by molar-refractivity contribution is 6.30. The molecule has 2 aromatic carbocycles. The van der Waals surface area contributed by atoms with Crippen LogP contribution in [0, 0.1) is 6.92 Å². The molecule has 0 spiro atoms. The lowest BCUT2D eigenvalue weighted by Gasteiger charge is -2.16. The van der Waals surface area contributed by atoms with Crippen LogP contribution in [0.4, 0.5) is 5.69 Å². The number of carbonyl (C=O) groups is 1. The third-order valence-corrected chi connectivity index (χ3v) is 3.61. The summed E-state index contributed by atoms with van der Waals surface area (Å²) in [6, 6.07) is 15.3. The van der Waals surface area contributed by atoms with Gasteiger partial charge in [0.1, 0.15) is 0 Å². The van der Waals surface area contributed by atoms with E-state index in [0.717, 1.165) is 23.2 Å². The first kappa shape index (κ1) is 14.6. The lowest BCUT2D eigenvalue weighted by molar-refractivity contribution is -0.117. The second-order valence-corrected chi connectivity index (χ2v) is 5.26. The molecule has 0 saturated heterocycles. The zero-order valence-corrected chi connectivity index (χ0v) is 12.4. The minimum absolute atomic E-state index is 0.0177. The third kappa shape index (κ3) is 3.40. The van der Waals surface area contributed by atoms with Gasteiger partial charge in [-0.25, -0.2) is 0 Å². The zero-order valence-electron chi connectivity index (χ0n) is 11.7. The fourth-order valence-corrected chi connectivity index (χ4v) is 2.47. The summed E-state index contributed by atoms with van der Waals surface area (Å²) in [6.07, 6.45) is 0.766. The molecule has 1 N–H and O–H groups in total. The maximum absolute atomic E-state index is 12.4. The number of anilines is 1. The van der Waals surface area contributed by atoms with Crippen molar-refractivity contribution in [1.82, 2.24) is 0 Å². The molecule has 0 aliphatic rings. The maximum Gasteiger partial charge on any atom is 0.231 e. The molecule has 3 heteroatoms. The number of amides is 1. The molecule has 0 aliphatic carbocycles. The van der Waals surface area contributed by atoms with Gasteiger partial charge in [-0.3, -0.25) is 4.79 Å². The van der Waals surface area contributed by atoms with Crippen molar-refractivity contribution in [2.24, 2.45) is 0 Å². The Bertz CT molecular complexity index is 595. The second-order valence-electron chi connectivity index (χ2n) is 4.82. The minimum atomic E-state index is -0.133. The highest BCUT2D eigenvalue weighted by Crippen LogP contribution is 2.24. The van der Waals surface area contributed by atoms with Gasteiger partial charge in [0.25, 0.3) is 0 Å². The molecule has 2 aromatic rings. The molecular formula is C17H18ClNO. The predicted octanol–water partition coefficient (Wildman–Crippen LogP) is 4.78. The Balaban J connectivity index is 2.18. The molecule has 0 bridgehead atoms. The molecule has 0 radical (unpaired) electrons. The number of rotatable bonds is 4. The van der Waals surface area contributed by atoms with E-state index in [1.165, 1.54) is 0 Å². The van der Waals surface area contributed by atoms with Crippen LogP contribution in [-0.4, -0.2) is 5.91 Å². The molecule has 1 atom stereocenters. The molecule has 2 rings (SSSR count). The Morgan fingerprint density at radius 3 is 2.50 bits per heavy atom. The summed E-state index contributed by atoms with van der Waals surface area (Å²) in [5.74, 6) is -0.115. The second kappa shape index (κ2) is 6.58. The molecule has 0 heterocycles. The van der Waals surface area contributed by atoms with Crippen molar-refractivity contribution in [2.45, 2.75) is 26.2 Å². The van der Waals surface area contributed by atoms with Crippen LogP contribution in [0.2, 0.25) is 5.02 Å². The summed E-state index contributed by atoms with van der Waals surface area (Å²) < 4.78 is 0. The van der Waals surface area contributed by atoms with Crippen LogP contribution < -0.4 is 5.32 Å². The van der Waals surface area contributed by atoms with Crippen LogP contribution in [0.3, 0.4) is 0 Å². The summed E-state index contributed by atoms with van der Waals surface area (Å²) in [4.78, 5) is 12.4. The number of halogens is 1. The van der Waals surface area contributed by atoms with Crippen molar-refractivity contribution in [3.63, 3.8) is 0 Å². The first-order valence-corrected chi connectivity index (χ1v) is 7.11. The van der Waals surface area contributed by atoms with Gasteiger partial charge in [-0.2, -0.15) is 0 Å². The smallest absolute Gasteiger partial charge is 0.231 e. The average Bonchev–Trinajstić information content (AvgIpc) is 2.44. The van der Waals surface area contributed by atoms with E-state index in [0.29, 0.717) is 5.02 Å². The van der Waals surface area contributed by atoms with Crippen LogP contribution >= 0.6 is 11.6 Å². The first-order valence-electron chi connectivity index (χ1n) is 6.73. The molecule has 0 aromatic heterocycles. The molecule has 104 valence electrons. The van der Waals surface area contributed by atoms with Crippen molar-refractivity contribution in [1.29, 1.82) is 0 Å². The van der Waals surface area contributed by atoms with Gasteiger partial charge < -0.3 is 5.32 Å². The van der Waals surface area contributed by atoms with E-state index < -0.39 is 0 Å². The van der Waals surface area contributed by atoms with Crippen LogP contribution in [0.25, 0.3) is 0 Å². The number of nitrogens with one attached hydrogen (secondary N) is 1. The van der Waals surface area contributed by atoms with Gasteiger partial charge in [-0.1, -0.05) is 48.9 Å². The summed E-state index contributed by atoms with van der Waals surface area (Å²) in [7, 11) is 0. The van der Waals surface area contributed by atoms with Crippen LogP contribution in [0.15, 0.2) is 48.5 Å². The summed E-state index contributed by atoms with van der Waals surface area (Å²) >= 11 is 5.93. The Morgan fingerprint density at radius 1 is 1.20 bits per heavy atom. The SMILES string of the molecule is CCC(C(=O)Nc1ccc(Cl)cc1C)c1ccccc1. The number of aryl methyl sites for hydroxylation is 1. The van der Waals surface area contributed by atoms with Gasteiger partial charge >= 0.3 is 0 Å². The van der Waals surface area contributed by atoms with E-state index >= 15 is 0 Å². The standard InChI is InChI=1S/C17H18ClNO/c1-3-15(13-7-5-4-6-8-13)17(20)19-16-10-9-14(18)11-12(16)2/h4-11,15H,3H2,1-2H3,(H,19,20). The highest BCUT2D eigenvalue weighted by atomic mass is 35.5. The van der Waals surface area contributed by atoms with Gasteiger partial charge in [-0.15, -0.1) is 0 Å². The predicted molar refractivity (Wildman–Crippen MR) is 84.3 cm³/mol. The van der Waals surface area contributed by atoms with Crippen molar-refractivity contribution < 1.29 is 4.79 Å². The molecule has 0 fully saturated rings. The van der Waals surface area contributed by atoms with Crippen LogP contribution in [-0.2, 0) is 4.79 Å². The zero-order chi connectivity index (χ0) is 14.5. The summed E-state index contributed by atoms with van der Waals surface area (Å²) in [5, 5.41) is 3.67. The van der Waals surface area contributed by atoms with Crippen molar-refractivity contribution in [3.05, 3.63) is 64.7 Å². The largest absolute Gasteiger partial charge is 0.325 e. The minimum Gasteiger partial charge on any atom is -0.325 e. The molecule has 0 saturated carbocycles. The number of benzene rings is 2. The average molecular weight is 288 g/mol. The molecule has 20 heavy (non-hydrogen) atoms. The molecule has 1 unspecified atom stereocenters. The van der Waals surface area contributed by atoms with Gasteiger partial charge in [0.05, 0.1) is 5.92 Å². The van der Waals surface area contributed by atoms with E-state index in [1.807, 2.05) is 56.3 Å². The van der Waals surface area contributed by atoms with Crippen LogP contribution in [0.5, 0.6) is 0 Å². The normalized spacial score (nSPS) is 11.9. The Hall–Kier alpha value is -1.80. The van der Waals surface area contributed by atoms with E-state index in [-0.39, 0.29) is 11.8 Å². The van der Waals surface area contributed by atoms with E-state index in [9.17, 15) is 4.79 Å². The fourth-order valence-electron chi connectivity index (χ4n) is 2.24. The Kier molecular flexibility index (Phi) is 4.80. The lowest BCUT2D eigenvalue weighted by Crippen LogP contribution is -2.21. The topological polar surface area (TPSA) is 29.1 Å². The van der Waals surface area contributed by atoms with Crippen LogP contribution in [0.1, 0.15) is 30.4 Å².